The number of rotatable bonds is 3. The lowest BCUT2D eigenvalue weighted by atomic mass is 10.0. The molecule has 1 fully saturated rings. The predicted octanol–water partition coefficient (Wildman–Crippen LogP) is 3.94. The lowest BCUT2D eigenvalue weighted by molar-refractivity contribution is 0.160. The lowest BCUT2D eigenvalue weighted by Crippen LogP contribution is -2.45. The normalized spacial score (nSPS) is 17.8. The van der Waals surface area contributed by atoms with Crippen molar-refractivity contribution in [3.8, 4) is 11.4 Å². The molecular weight excluding hydrogens is 288 g/mol. The van der Waals surface area contributed by atoms with Crippen LogP contribution in [0.15, 0.2) is 42.7 Å². The Balaban J connectivity index is 1.67. The standard InChI is InChI=1S/C18H22N4O/c1-2-16-10-6-7-11-22(16)18(23)21-15-12-19-17(20-13-15)14-8-4-3-5-9-14/h3-5,8-9,12-13,16H,2,6-7,10-11H2,1H3,(H,21,23)/t16-/m1/s1. The number of amides is 2. The molecule has 1 aromatic heterocycles. The van der Waals surface area contributed by atoms with Crippen molar-refractivity contribution in [3.63, 3.8) is 0 Å². The second-order valence-corrected chi connectivity index (χ2v) is 5.84. The minimum Gasteiger partial charge on any atom is -0.322 e. The van der Waals surface area contributed by atoms with Crippen LogP contribution in [-0.4, -0.2) is 33.5 Å². The van der Waals surface area contributed by atoms with Gasteiger partial charge >= 0.3 is 6.03 Å². The molecule has 23 heavy (non-hydrogen) atoms. The average molecular weight is 310 g/mol. The molecule has 0 unspecified atom stereocenters. The van der Waals surface area contributed by atoms with Crippen molar-refractivity contribution in [3.05, 3.63) is 42.7 Å². The van der Waals surface area contributed by atoms with Crippen LogP contribution in [0, 0.1) is 0 Å². The molecule has 5 nitrogen and oxygen atoms in total. The van der Waals surface area contributed by atoms with Gasteiger partial charge in [0.05, 0.1) is 18.1 Å². The molecule has 0 bridgehead atoms. The third-order valence-electron chi connectivity index (χ3n) is 4.29. The maximum absolute atomic E-state index is 12.5. The summed E-state index contributed by atoms with van der Waals surface area (Å²) in [7, 11) is 0. The monoisotopic (exact) mass is 310 g/mol. The summed E-state index contributed by atoms with van der Waals surface area (Å²) in [6, 6.07) is 10.1. The van der Waals surface area contributed by atoms with E-state index in [0.29, 0.717) is 17.6 Å². The number of urea groups is 1. The van der Waals surface area contributed by atoms with Gasteiger partial charge < -0.3 is 10.2 Å². The number of nitrogens with one attached hydrogen (secondary N) is 1. The predicted molar refractivity (Wildman–Crippen MR) is 91.1 cm³/mol. The van der Waals surface area contributed by atoms with E-state index in [1.54, 1.807) is 12.4 Å². The molecule has 3 rings (SSSR count). The quantitative estimate of drug-likeness (QED) is 0.934. The van der Waals surface area contributed by atoms with Crippen molar-refractivity contribution in [1.82, 2.24) is 14.9 Å². The largest absolute Gasteiger partial charge is 0.322 e. The summed E-state index contributed by atoms with van der Waals surface area (Å²) < 4.78 is 0. The fourth-order valence-corrected chi connectivity index (χ4v) is 3.02. The number of carbonyl (C=O) groups excluding carboxylic acids is 1. The highest BCUT2D eigenvalue weighted by Gasteiger charge is 2.25. The number of aromatic nitrogens is 2. The van der Waals surface area contributed by atoms with Crippen LogP contribution in [0.5, 0.6) is 0 Å². The number of benzene rings is 1. The first kappa shape index (κ1) is 15.5. The fourth-order valence-electron chi connectivity index (χ4n) is 3.02. The van der Waals surface area contributed by atoms with Gasteiger partial charge in [-0.2, -0.15) is 0 Å². The van der Waals surface area contributed by atoms with Gasteiger partial charge in [-0.25, -0.2) is 14.8 Å². The maximum Gasteiger partial charge on any atom is 0.322 e. The van der Waals surface area contributed by atoms with E-state index in [-0.39, 0.29) is 6.03 Å². The van der Waals surface area contributed by atoms with E-state index in [0.717, 1.165) is 31.4 Å². The van der Waals surface area contributed by atoms with E-state index in [4.69, 9.17) is 0 Å². The van der Waals surface area contributed by atoms with Crippen LogP contribution in [0.2, 0.25) is 0 Å². The SMILES string of the molecule is CC[C@@H]1CCCCN1C(=O)Nc1cnc(-c2ccccc2)nc1. The molecule has 0 radical (unpaired) electrons. The Bertz CT molecular complexity index is 642. The molecule has 0 spiro atoms. The van der Waals surface area contributed by atoms with Crippen molar-refractivity contribution in [2.75, 3.05) is 11.9 Å². The molecule has 0 aliphatic carbocycles. The molecule has 2 heterocycles. The van der Waals surface area contributed by atoms with Gasteiger partial charge in [-0.3, -0.25) is 0 Å². The second kappa shape index (κ2) is 7.22. The van der Waals surface area contributed by atoms with E-state index < -0.39 is 0 Å². The van der Waals surface area contributed by atoms with Gasteiger partial charge in [0.1, 0.15) is 0 Å². The summed E-state index contributed by atoms with van der Waals surface area (Å²) in [5.74, 6) is 0.660. The molecule has 1 aromatic carbocycles. The second-order valence-electron chi connectivity index (χ2n) is 5.84. The minimum absolute atomic E-state index is 0.0485. The highest BCUT2D eigenvalue weighted by Crippen LogP contribution is 2.21. The van der Waals surface area contributed by atoms with E-state index in [2.05, 4.69) is 22.2 Å². The van der Waals surface area contributed by atoms with Crippen molar-refractivity contribution in [2.45, 2.75) is 38.6 Å². The van der Waals surface area contributed by atoms with Crippen molar-refractivity contribution < 1.29 is 4.79 Å². The first-order valence-electron chi connectivity index (χ1n) is 8.23. The molecule has 2 aromatic rings. The van der Waals surface area contributed by atoms with Crippen molar-refractivity contribution in [2.24, 2.45) is 0 Å². The van der Waals surface area contributed by atoms with Crippen LogP contribution in [0.25, 0.3) is 11.4 Å². The van der Waals surface area contributed by atoms with Gasteiger partial charge in [0.25, 0.3) is 0 Å². The summed E-state index contributed by atoms with van der Waals surface area (Å²) >= 11 is 0. The first-order valence-corrected chi connectivity index (χ1v) is 8.23. The molecule has 1 aliphatic heterocycles. The van der Waals surface area contributed by atoms with Crippen LogP contribution in [0.1, 0.15) is 32.6 Å². The van der Waals surface area contributed by atoms with Crippen LogP contribution < -0.4 is 5.32 Å². The summed E-state index contributed by atoms with van der Waals surface area (Å²) in [6.07, 6.45) is 7.70. The number of nitrogens with zero attached hydrogens (tertiary/aromatic N) is 3. The highest BCUT2D eigenvalue weighted by atomic mass is 16.2. The molecule has 0 saturated carbocycles. The third-order valence-corrected chi connectivity index (χ3v) is 4.29. The van der Waals surface area contributed by atoms with Gasteiger partial charge in [-0.05, 0) is 25.7 Å². The highest BCUT2D eigenvalue weighted by molar-refractivity contribution is 5.89. The summed E-state index contributed by atoms with van der Waals surface area (Å²) in [6.45, 7) is 2.96. The maximum atomic E-state index is 12.5. The Kier molecular flexibility index (Phi) is 4.86. The van der Waals surface area contributed by atoms with E-state index >= 15 is 0 Å². The van der Waals surface area contributed by atoms with E-state index in [1.807, 2.05) is 35.2 Å². The Hall–Kier alpha value is -2.43. The zero-order valence-electron chi connectivity index (χ0n) is 13.4. The number of likely N-dealkylation sites (tertiary alicyclic amines) is 1. The Morgan fingerprint density at radius 2 is 1.96 bits per heavy atom. The molecule has 5 heteroatoms. The summed E-state index contributed by atoms with van der Waals surface area (Å²) in [4.78, 5) is 23.1. The van der Waals surface area contributed by atoms with Crippen LogP contribution >= 0.6 is 0 Å². The Labute approximate surface area is 136 Å². The van der Waals surface area contributed by atoms with Gasteiger partial charge in [-0.1, -0.05) is 37.3 Å². The average Bonchev–Trinajstić information content (AvgIpc) is 2.63. The van der Waals surface area contributed by atoms with Gasteiger partial charge in [-0.15, -0.1) is 0 Å². The zero-order chi connectivity index (χ0) is 16.1. The Morgan fingerprint density at radius 1 is 1.22 bits per heavy atom. The number of carbonyl (C=O) groups is 1. The van der Waals surface area contributed by atoms with Crippen molar-refractivity contribution in [1.29, 1.82) is 0 Å². The lowest BCUT2D eigenvalue weighted by Gasteiger charge is -2.35. The summed E-state index contributed by atoms with van der Waals surface area (Å²) in [5.41, 5.74) is 1.60. The summed E-state index contributed by atoms with van der Waals surface area (Å²) in [5, 5.41) is 2.92. The molecule has 1 saturated heterocycles. The smallest absolute Gasteiger partial charge is 0.322 e. The topological polar surface area (TPSA) is 58.1 Å². The van der Waals surface area contributed by atoms with Gasteiger partial charge in [0.15, 0.2) is 5.82 Å². The number of hydrogen-bond acceptors (Lipinski definition) is 3. The number of hydrogen-bond donors (Lipinski definition) is 1. The van der Waals surface area contributed by atoms with Crippen LogP contribution in [0.4, 0.5) is 10.5 Å². The van der Waals surface area contributed by atoms with E-state index in [9.17, 15) is 4.79 Å². The fraction of sp³-hybridized carbons (Fsp3) is 0.389. The molecule has 1 N–H and O–H groups in total. The number of anilines is 1. The zero-order valence-corrected chi connectivity index (χ0v) is 13.4. The molecular formula is C18H22N4O. The molecule has 1 aliphatic rings. The van der Waals surface area contributed by atoms with Crippen LogP contribution in [-0.2, 0) is 0 Å². The number of piperidine rings is 1. The molecule has 120 valence electrons. The third kappa shape index (κ3) is 3.67. The van der Waals surface area contributed by atoms with E-state index in [1.165, 1.54) is 6.42 Å². The van der Waals surface area contributed by atoms with Crippen molar-refractivity contribution >= 4 is 11.7 Å². The Morgan fingerprint density at radius 3 is 2.65 bits per heavy atom. The first-order chi connectivity index (χ1) is 11.3. The van der Waals surface area contributed by atoms with Gasteiger partial charge in [0.2, 0.25) is 0 Å². The molecule has 1 atom stereocenters. The molecule has 2 amide bonds. The minimum atomic E-state index is -0.0485. The van der Waals surface area contributed by atoms with Gasteiger partial charge in [0, 0.05) is 18.2 Å². The van der Waals surface area contributed by atoms with Crippen LogP contribution in [0.3, 0.4) is 0 Å².